The second-order valence-electron chi connectivity index (χ2n) is 4.89. The molecule has 5 heteroatoms. The molecule has 0 bridgehead atoms. The summed E-state index contributed by atoms with van der Waals surface area (Å²) in [6.07, 6.45) is 1.43. The van der Waals surface area contributed by atoms with Gasteiger partial charge in [-0.25, -0.2) is 4.98 Å². The molecule has 1 aromatic carbocycles. The highest BCUT2D eigenvalue weighted by Gasteiger charge is 2.28. The second kappa shape index (κ2) is 5.47. The van der Waals surface area contributed by atoms with Crippen molar-refractivity contribution < 1.29 is 4.79 Å². The summed E-state index contributed by atoms with van der Waals surface area (Å²) < 4.78 is 1.21. The molecule has 0 aliphatic carbocycles. The van der Waals surface area contributed by atoms with Crippen LogP contribution in [0.4, 0.5) is 0 Å². The monoisotopic (exact) mass is 294 g/mol. The summed E-state index contributed by atoms with van der Waals surface area (Å²) in [4.78, 5) is 18.3. The standard InChI is InChI=1S/C14H15ClN2OS/c15-8-10-7-14(18)17(9-10)6-5-13-16-11-3-1-2-4-12(11)19-13/h1-4,10H,5-9H2. The summed E-state index contributed by atoms with van der Waals surface area (Å²) >= 11 is 7.53. The first-order valence-electron chi connectivity index (χ1n) is 6.44. The van der Waals surface area contributed by atoms with Crippen LogP contribution in [0.2, 0.25) is 0 Å². The number of alkyl halides is 1. The number of benzene rings is 1. The number of carbonyl (C=O) groups is 1. The minimum Gasteiger partial charge on any atom is -0.342 e. The lowest BCUT2D eigenvalue weighted by molar-refractivity contribution is -0.127. The highest BCUT2D eigenvalue weighted by atomic mass is 35.5. The van der Waals surface area contributed by atoms with Crippen molar-refractivity contribution >= 4 is 39.1 Å². The molecule has 0 radical (unpaired) electrons. The van der Waals surface area contributed by atoms with E-state index in [4.69, 9.17) is 11.6 Å². The van der Waals surface area contributed by atoms with E-state index in [2.05, 4.69) is 11.1 Å². The van der Waals surface area contributed by atoms with Crippen molar-refractivity contribution in [1.82, 2.24) is 9.88 Å². The fourth-order valence-corrected chi connectivity index (χ4v) is 3.59. The van der Waals surface area contributed by atoms with E-state index in [1.807, 2.05) is 23.1 Å². The molecule has 0 spiro atoms. The Labute approximate surface area is 121 Å². The molecule has 3 rings (SSSR count). The number of aromatic nitrogens is 1. The molecule has 1 unspecified atom stereocenters. The van der Waals surface area contributed by atoms with Gasteiger partial charge in [-0.2, -0.15) is 0 Å². The van der Waals surface area contributed by atoms with Gasteiger partial charge in [-0.15, -0.1) is 22.9 Å². The van der Waals surface area contributed by atoms with Crippen LogP contribution in [0, 0.1) is 5.92 Å². The number of hydrogen-bond acceptors (Lipinski definition) is 3. The molecule has 1 saturated heterocycles. The topological polar surface area (TPSA) is 33.2 Å². The first-order chi connectivity index (χ1) is 9.26. The summed E-state index contributed by atoms with van der Waals surface area (Å²) in [5.41, 5.74) is 1.05. The Morgan fingerprint density at radius 3 is 3.00 bits per heavy atom. The van der Waals surface area contributed by atoms with Gasteiger partial charge in [-0.1, -0.05) is 12.1 Å². The number of nitrogens with zero attached hydrogens (tertiary/aromatic N) is 2. The lowest BCUT2D eigenvalue weighted by Crippen LogP contribution is -2.27. The fraction of sp³-hybridized carbons (Fsp3) is 0.429. The SMILES string of the molecule is O=C1CC(CCl)CN1CCc1nc2ccccc2s1. The Hall–Kier alpha value is -1.13. The van der Waals surface area contributed by atoms with Gasteiger partial charge in [-0.3, -0.25) is 4.79 Å². The Kier molecular flexibility index (Phi) is 3.71. The van der Waals surface area contributed by atoms with Crippen LogP contribution in [-0.4, -0.2) is 34.8 Å². The highest BCUT2D eigenvalue weighted by Crippen LogP contribution is 2.23. The number of halogens is 1. The molecule has 2 aromatic rings. The summed E-state index contributed by atoms with van der Waals surface area (Å²) in [6.45, 7) is 1.55. The van der Waals surface area contributed by atoms with E-state index in [1.165, 1.54) is 4.70 Å². The Morgan fingerprint density at radius 2 is 2.26 bits per heavy atom. The van der Waals surface area contributed by atoms with Crippen LogP contribution in [0.1, 0.15) is 11.4 Å². The van der Waals surface area contributed by atoms with E-state index in [0.29, 0.717) is 18.2 Å². The quantitative estimate of drug-likeness (QED) is 0.812. The summed E-state index contributed by atoms with van der Waals surface area (Å²) in [5, 5.41) is 1.10. The summed E-state index contributed by atoms with van der Waals surface area (Å²) in [6, 6.07) is 8.14. The molecule has 0 saturated carbocycles. The molecular formula is C14H15ClN2OS. The fourth-order valence-electron chi connectivity index (χ4n) is 2.43. The van der Waals surface area contributed by atoms with E-state index in [1.54, 1.807) is 11.3 Å². The number of para-hydroxylation sites is 1. The van der Waals surface area contributed by atoms with Gasteiger partial charge in [0.15, 0.2) is 0 Å². The summed E-state index contributed by atoms with van der Waals surface area (Å²) in [5.74, 6) is 1.12. The largest absolute Gasteiger partial charge is 0.342 e. The third-order valence-electron chi connectivity index (χ3n) is 3.45. The van der Waals surface area contributed by atoms with Crippen LogP contribution in [0.3, 0.4) is 0 Å². The number of hydrogen-bond donors (Lipinski definition) is 0. The average Bonchev–Trinajstić information content (AvgIpc) is 2.99. The molecule has 1 amide bonds. The second-order valence-corrected chi connectivity index (χ2v) is 6.31. The normalized spacial score (nSPS) is 19.5. The van der Waals surface area contributed by atoms with E-state index < -0.39 is 0 Å². The zero-order valence-electron chi connectivity index (χ0n) is 10.5. The molecule has 3 nitrogen and oxygen atoms in total. The molecule has 1 fully saturated rings. The number of thiazole rings is 1. The van der Waals surface area contributed by atoms with Crippen molar-refractivity contribution in [2.24, 2.45) is 5.92 Å². The molecular weight excluding hydrogens is 280 g/mol. The van der Waals surface area contributed by atoms with Gasteiger partial charge in [0.2, 0.25) is 5.91 Å². The first kappa shape index (κ1) is 12.9. The number of rotatable bonds is 4. The van der Waals surface area contributed by atoms with Gasteiger partial charge >= 0.3 is 0 Å². The number of carbonyl (C=O) groups excluding carboxylic acids is 1. The maximum absolute atomic E-state index is 11.8. The predicted molar refractivity (Wildman–Crippen MR) is 78.7 cm³/mol. The Balaban J connectivity index is 1.64. The third kappa shape index (κ3) is 2.74. The number of fused-ring (bicyclic) bond motifs is 1. The zero-order chi connectivity index (χ0) is 13.2. The van der Waals surface area contributed by atoms with Gasteiger partial charge < -0.3 is 4.90 Å². The van der Waals surface area contributed by atoms with E-state index >= 15 is 0 Å². The van der Waals surface area contributed by atoms with Crippen LogP contribution < -0.4 is 0 Å². The van der Waals surface area contributed by atoms with Crippen LogP contribution >= 0.6 is 22.9 Å². The van der Waals surface area contributed by atoms with Crippen molar-refractivity contribution in [3.8, 4) is 0 Å². The first-order valence-corrected chi connectivity index (χ1v) is 7.79. The molecule has 100 valence electrons. The molecule has 0 N–H and O–H groups in total. The minimum atomic E-state index is 0.228. The smallest absolute Gasteiger partial charge is 0.222 e. The Morgan fingerprint density at radius 1 is 1.42 bits per heavy atom. The van der Waals surface area contributed by atoms with Gasteiger partial charge in [0.25, 0.3) is 0 Å². The zero-order valence-corrected chi connectivity index (χ0v) is 12.1. The Bertz CT molecular complexity index is 565. The van der Waals surface area contributed by atoms with Gasteiger partial charge in [0.1, 0.15) is 0 Å². The van der Waals surface area contributed by atoms with Crippen molar-refractivity contribution in [2.45, 2.75) is 12.8 Å². The van der Waals surface area contributed by atoms with Crippen LogP contribution in [0.25, 0.3) is 10.2 Å². The van der Waals surface area contributed by atoms with Crippen LogP contribution in [-0.2, 0) is 11.2 Å². The van der Waals surface area contributed by atoms with Crippen molar-refractivity contribution in [3.05, 3.63) is 29.3 Å². The predicted octanol–water partition coefficient (Wildman–Crippen LogP) is 2.93. The lowest BCUT2D eigenvalue weighted by Gasteiger charge is -2.14. The third-order valence-corrected chi connectivity index (χ3v) is 4.98. The van der Waals surface area contributed by atoms with Gasteiger partial charge in [-0.05, 0) is 18.1 Å². The van der Waals surface area contributed by atoms with Crippen LogP contribution in [0.5, 0.6) is 0 Å². The number of likely N-dealkylation sites (tertiary alicyclic amines) is 1. The summed E-state index contributed by atoms with van der Waals surface area (Å²) in [7, 11) is 0. The van der Waals surface area contributed by atoms with Crippen LogP contribution in [0.15, 0.2) is 24.3 Å². The average molecular weight is 295 g/mol. The molecule has 1 aliphatic rings. The number of amides is 1. The maximum atomic E-state index is 11.8. The van der Waals surface area contributed by atoms with E-state index in [-0.39, 0.29) is 5.91 Å². The highest BCUT2D eigenvalue weighted by molar-refractivity contribution is 7.18. The van der Waals surface area contributed by atoms with Gasteiger partial charge in [0.05, 0.1) is 15.2 Å². The molecule has 1 aliphatic heterocycles. The lowest BCUT2D eigenvalue weighted by atomic mass is 10.1. The van der Waals surface area contributed by atoms with Crippen molar-refractivity contribution in [3.63, 3.8) is 0 Å². The maximum Gasteiger partial charge on any atom is 0.222 e. The molecule has 19 heavy (non-hydrogen) atoms. The van der Waals surface area contributed by atoms with Gasteiger partial charge in [0, 0.05) is 31.8 Å². The van der Waals surface area contributed by atoms with Crippen molar-refractivity contribution in [2.75, 3.05) is 19.0 Å². The van der Waals surface area contributed by atoms with E-state index in [0.717, 1.165) is 30.0 Å². The van der Waals surface area contributed by atoms with E-state index in [9.17, 15) is 4.79 Å². The molecule has 1 aromatic heterocycles. The van der Waals surface area contributed by atoms with Crippen molar-refractivity contribution in [1.29, 1.82) is 0 Å². The molecule has 1 atom stereocenters. The minimum absolute atomic E-state index is 0.228. The molecule has 2 heterocycles.